The molecule has 0 radical (unpaired) electrons. The fraction of sp³-hybridized carbons (Fsp3) is 0.350. The summed E-state index contributed by atoms with van der Waals surface area (Å²) in [6.45, 7) is 2.85. The number of carboxylic acid groups (broad SMARTS) is 1. The molecule has 1 aromatic heterocycles. The molecule has 1 aromatic carbocycles. The summed E-state index contributed by atoms with van der Waals surface area (Å²) < 4.78 is 5.76. The highest BCUT2D eigenvalue weighted by atomic mass is 16.5. The second-order valence-electron chi connectivity index (χ2n) is 6.91. The molecule has 1 aliphatic heterocycles. The van der Waals surface area contributed by atoms with Crippen molar-refractivity contribution < 1.29 is 19.4 Å². The molecule has 0 bridgehead atoms. The molecular weight excluding hydrogens is 332 g/mol. The summed E-state index contributed by atoms with van der Waals surface area (Å²) >= 11 is 0. The third-order valence-corrected chi connectivity index (χ3v) is 4.72. The van der Waals surface area contributed by atoms with Gasteiger partial charge < -0.3 is 14.7 Å². The maximum absolute atomic E-state index is 12.5. The molecule has 6 nitrogen and oxygen atoms in total. The van der Waals surface area contributed by atoms with Crippen LogP contribution in [0.25, 0.3) is 0 Å². The standard InChI is InChI=1S/C20H22N2O4/c1-20(19(24)25)7-9-22(14-20)18(23)11-15-4-2-6-17(10-15)26-13-16-5-3-8-21-12-16/h2-6,8,10,12H,7,9,11,13-14H2,1H3,(H,24,25). The molecule has 2 heterocycles. The van der Waals surface area contributed by atoms with Gasteiger partial charge in [0, 0.05) is 31.0 Å². The van der Waals surface area contributed by atoms with E-state index in [0.717, 1.165) is 11.1 Å². The maximum atomic E-state index is 12.5. The summed E-state index contributed by atoms with van der Waals surface area (Å²) in [6, 6.07) is 11.2. The van der Waals surface area contributed by atoms with Crippen molar-refractivity contribution in [3.8, 4) is 5.75 Å². The van der Waals surface area contributed by atoms with E-state index in [1.165, 1.54) is 0 Å². The van der Waals surface area contributed by atoms with Crippen LogP contribution in [-0.4, -0.2) is 40.0 Å². The number of rotatable bonds is 6. The number of amides is 1. The first-order valence-corrected chi connectivity index (χ1v) is 8.58. The van der Waals surface area contributed by atoms with Gasteiger partial charge >= 0.3 is 5.97 Å². The van der Waals surface area contributed by atoms with Crippen LogP contribution >= 0.6 is 0 Å². The Balaban J connectivity index is 1.58. The second kappa shape index (κ2) is 7.56. The summed E-state index contributed by atoms with van der Waals surface area (Å²) in [7, 11) is 0. The zero-order chi connectivity index (χ0) is 18.6. The van der Waals surface area contributed by atoms with Crippen molar-refractivity contribution in [1.82, 2.24) is 9.88 Å². The molecule has 0 aliphatic carbocycles. The lowest BCUT2D eigenvalue weighted by atomic mass is 9.90. The fourth-order valence-corrected chi connectivity index (χ4v) is 3.03. The maximum Gasteiger partial charge on any atom is 0.311 e. The van der Waals surface area contributed by atoms with Gasteiger partial charge in [-0.3, -0.25) is 14.6 Å². The monoisotopic (exact) mass is 354 g/mol. The first-order chi connectivity index (χ1) is 12.5. The van der Waals surface area contributed by atoms with Crippen molar-refractivity contribution in [3.05, 3.63) is 59.9 Å². The molecule has 1 N–H and O–H groups in total. The van der Waals surface area contributed by atoms with E-state index in [1.807, 2.05) is 36.4 Å². The topological polar surface area (TPSA) is 79.7 Å². The number of hydrogen-bond acceptors (Lipinski definition) is 4. The summed E-state index contributed by atoms with van der Waals surface area (Å²) in [5.74, 6) is -0.214. The first kappa shape index (κ1) is 17.9. The van der Waals surface area contributed by atoms with Gasteiger partial charge in [-0.2, -0.15) is 0 Å². The summed E-state index contributed by atoms with van der Waals surface area (Å²) in [4.78, 5) is 29.5. The number of aliphatic carboxylic acids is 1. The summed E-state index contributed by atoms with van der Waals surface area (Å²) in [5.41, 5.74) is 0.978. The molecule has 6 heteroatoms. The molecule has 0 spiro atoms. The van der Waals surface area contributed by atoms with Crippen LogP contribution in [0.2, 0.25) is 0 Å². The van der Waals surface area contributed by atoms with Crippen LogP contribution in [0.5, 0.6) is 5.75 Å². The molecule has 2 aromatic rings. The van der Waals surface area contributed by atoms with Crippen molar-refractivity contribution in [3.63, 3.8) is 0 Å². The SMILES string of the molecule is CC1(C(=O)O)CCN(C(=O)Cc2cccc(OCc3cccnc3)c2)C1. The Morgan fingerprint density at radius 1 is 1.27 bits per heavy atom. The van der Waals surface area contributed by atoms with Gasteiger partial charge in [0.05, 0.1) is 11.8 Å². The Bertz CT molecular complexity index is 793. The van der Waals surface area contributed by atoms with Crippen LogP contribution in [0.3, 0.4) is 0 Å². The van der Waals surface area contributed by atoms with Crippen LogP contribution in [-0.2, 0) is 22.6 Å². The fourth-order valence-electron chi connectivity index (χ4n) is 3.03. The van der Waals surface area contributed by atoms with Crippen molar-refractivity contribution in [2.45, 2.75) is 26.4 Å². The minimum absolute atomic E-state index is 0.0561. The number of hydrogen-bond donors (Lipinski definition) is 1. The van der Waals surface area contributed by atoms with Crippen LogP contribution < -0.4 is 4.74 Å². The normalized spacial score (nSPS) is 19.3. The van der Waals surface area contributed by atoms with Crippen molar-refractivity contribution in [2.75, 3.05) is 13.1 Å². The Morgan fingerprint density at radius 3 is 2.77 bits per heavy atom. The zero-order valence-corrected chi connectivity index (χ0v) is 14.7. The molecule has 1 fully saturated rings. The van der Waals surface area contributed by atoms with Gasteiger partial charge in [0.2, 0.25) is 5.91 Å². The van der Waals surface area contributed by atoms with E-state index in [1.54, 1.807) is 24.2 Å². The van der Waals surface area contributed by atoms with Crippen LogP contribution in [0.15, 0.2) is 48.8 Å². The molecule has 1 atom stereocenters. The number of carboxylic acids is 1. The Morgan fingerprint density at radius 2 is 2.08 bits per heavy atom. The summed E-state index contributed by atoms with van der Waals surface area (Å²) in [5, 5.41) is 9.29. The molecule has 1 amide bonds. The van der Waals surface area contributed by atoms with E-state index in [-0.39, 0.29) is 18.9 Å². The van der Waals surface area contributed by atoms with Crippen molar-refractivity contribution in [2.24, 2.45) is 5.41 Å². The van der Waals surface area contributed by atoms with E-state index < -0.39 is 11.4 Å². The lowest BCUT2D eigenvalue weighted by molar-refractivity contribution is -0.147. The minimum Gasteiger partial charge on any atom is -0.489 e. The van der Waals surface area contributed by atoms with Crippen molar-refractivity contribution in [1.29, 1.82) is 0 Å². The highest BCUT2D eigenvalue weighted by Gasteiger charge is 2.41. The number of pyridine rings is 1. The van der Waals surface area contributed by atoms with Gasteiger partial charge in [-0.1, -0.05) is 18.2 Å². The minimum atomic E-state index is -0.849. The van der Waals surface area contributed by atoms with Gasteiger partial charge in [-0.05, 0) is 37.1 Å². The Kier molecular flexibility index (Phi) is 5.21. The quantitative estimate of drug-likeness (QED) is 0.862. The third kappa shape index (κ3) is 4.20. The van der Waals surface area contributed by atoms with Gasteiger partial charge in [0.15, 0.2) is 0 Å². The molecule has 1 aliphatic rings. The van der Waals surface area contributed by atoms with E-state index in [4.69, 9.17) is 4.74 Å². The number of carbonyl (C=O) groups is 2. The molecule has 136 valence electrons. The zero-order valence-electron chi connectivity index (χ0n) is 14.7. The van der Waals surface area contributed by atoms with Crippen LogP contribution in [0.4, 0.5) is 0 Å². The highest BCUT2D eigenvalue weighted by molar-refractivity contribution is 5.82. The van der Waals surface area contributed by atoms with Crippen LogP contribution in [0.1, 0.15) is 24.5 Å². The van der Waals surface area contributed by atoms with E-state index in [2.05, 4.69) is 4.98 Å². The molecule has 26 heavy (non-hydrogen) atoms. The Labute approximate surface area is 152 Å². The predicted octanol–water partition coefficient (Wildman–Crippen LogP) is 2.53. The number of benzene rings is 1. The van der Waals surface area contributed by atoms with E-state index in [9.17, 15) is 14.7 Å². The number of nitrogens with zero attached hydrogens (tertiary/aromatic N) is 2. The third-order valence-electron chi connectivity index (χ3n) is 4.72. The molecule has 0 saturated carbocycles. The molecule has 3 rings (SSSR count). The smallest absolute Gasteiger partial charge is 0.311 e. The molecule has 1 saturated heterocycles. The largest absolute Gasteiger partial charge is 0.489 e. The average molecular weight is 354 g/mol. The lowest BCUT2D eigenvalue weighted by Gasteiger charge is -2.20. The Hall–Kier alpha value is -2.89. The molecular formula is C20H22N2O4. The van der Waals surface area contributed by atoms with E-state index >= 15 is 0 Å². The van der Waals surface area contributed by atoms with Crippen molar-refractivity contribution >= 4 is 11.9 Å². The number of aromatic nitrogens is 1. The van der Waals surface area contributed by atoms with Gasteiger partial charge in [0.25, 0.3) is 0 Å². The van der Waals surface area contributed by atoms with Crippen LogP contribution in [0, 0.1) is 5.41 Å². The highest BCUT2D eigenvalue weighted by Crippen LogP contribution is 2.30. The lowest BCUT2D eigenvalue weighted by Crippen LogP contribution is -2.35. The second-order valence-corrected chi connectivity index (χ2v) is 6.91. The van der Waals surface area contributed by atoms with Gasteiger partial charge in [-0.15, -0.1) is 0 Å². The average Bonchev–Trinajstić information content (AvgIpc) is 3.05. The van der Waals surface area contributed by atoms with E-state index in [0.29, 0.717) is 25.3 Å². The number of likely N-dealkylation sites (tertiary alicyclic amines) is 1. The summed E-state index contributed by atoms with van der Waals surface area (Å²) in [6.07, 6.45) is 4.19. The molecule has 1 unspecified atom stereocenters. The number of ether oxygens (including phenoxy) is 1. The predicted molar refractivity (Wildman–Crippen MR) is 95.7 cm³/mol. The van der Waals surface area contributed by atoms with Gasteiger partial charge in [0.1, 0.15) is 12.4 Å². The number of carbonyl (C=O) groups excluding carboxylic acids is 1. The first-order valence-electron chi connectivity index (χ1n) is 8.58. The van der Waals surface area contributed by atoms with Gasteiger partial charge in [-0.25, -0.2) is 0 Å².